The van der Waals surface area contributed by atoms with Crippen LogP contribution in [0.2, 0.25) is 6.04 Å². The molecule has 0 aliphatic rings. The highest BCUT2D eigenvalue weighted by Gasteiger charge is 2.29. The van der Waals surface area contributed by atoms with Crippen LogP contribution in [-0.2, 0) is 18.9 Å². The molecule has 0 amide bonds. The van der Waals surface area contributed by atoms with Crippen LogP contribution in [0, 0.1) is 5.92 Å². The molecular weight excluding hydrogens is 319 g/mol. The van der Waals surface area contributed by atoms with E-state index in [1.165, 1.54) is 0 Å². The molecule has 8 heteroatoms. The Kier molecular flexibility index (Phi) is 12.3. The van der Waals surface area contributed by atoms with E-state index in [-0.39, 0.29) is 5.92 Å². The molecule has 0 heterocycles. The lowest BCUT2D eigenvalue weighted by atomic mass is 10.2. The highest BCUT2D eigenvalue weighted by atomic mass is 35.8. The van der Waals surface area contributed by atoms with Gasteiger partial charge in [0.1, 0.15) is 0 Å². The van der Waals surface area contributed by atoms with Crippen LogP contribution in [-0.4, -0.2) is 59.9 Å². The SMILES string of the molecule is COCCOCC(COCCOC)C[Si](Cl)(Cl)Cl. The second kappa shape index (κ2) is 11.7. The van der Waals surface area contributed by atoms with Crippen LogP contribution < -0.4 is 0 Å². The maximum Gasteiger partial charge on any atom is 0.341 e. The quantitative estimate of drug-likeness (QED) is 0.311. The van der Waals surface area contributed by atoms with Gasteiger partial charge < -0.3 is 18.9 Å². The van der Waals surface area contributed by atoms with Crippen LogP contribution in [0.4, 0.5) is 0 Å². The number of rotatable bonds is 12. The van der Waals surface area contributed by atoms with Gasteiger partial charge in [-0.1, -0.05) is 0 Å². The fourth-order valence-electron chi connectivity index (χ4n) is 1.28. The summed E-state index contributed by atoms with van der Waals surface area (Å²) in [6, 6.07) is -2.14. The molecule has 0 aliphatic heterocycles. The van der Waals surface area contributed by atoms with Gasteiger partial charge in [-0.3, -0.25) is 0 Å². The molecule has 0 unspecified atom stereocenters. The van der Waals surface area contributed by atoms with Crippen LogP contribution in [0.5, 0.6) is 0 Å². The Morgan fingerprint density at radius 2 is 1.28 bits per heavy atom. The minimum atomic E-state index is -2.66. The van der Waals surface area contributed by atoms with Gasteiger partial charge in [0.25, 0.3) is 0 Å². The molecule has 0 aromatic carbocycles. The van der Waals surface area contributed by atoms with E-state index in [1.807, 2.05) is 0 Å². The van der Waals surface area contributed by atoms with E-state index in [2.05, 4.69) is 0 Å². The van der Waals surface area contributed by atoms with E-state index in [9.17, 15) is 0 Å². The summed E-state index contributed by atoms with van der Waals surface area (Å²) in [5.74, 6) is 0.0953. The second-order valence-corrected chi connectivity index (χ2v) is 13.0. The number of hydrogen-bond donors (Lipinski definition) is 0. The summed E-state index contributed by atoms with van der Waals surface area (Å²) in [5.41, 5.74) is 0. The van der Waals surface area contributed by atoms with Gasteiger partial charge >= 0.3 is 6.00 Å². The van der Waals surface area contributed by atoms with Crippen molar-refractivity contribution in [2.45, 2.75) is 6.04 Å². The van der Waals surface area contributed by atoms with Crippen LogP contribution in [0.25, 0.3) is 0 Å². The normalized spacial score (nSPS) is 12.3. The Labute approximate surface area is 124 Å². The molecule has 18 heavy (non-hydrogen) atoms. The fraction of sp³-hybridized carbons (Fsp3) is 1.00. The standard InChI is InChI=1S/C10H21Cl3O4Si/c1-14-3-5-16-7-10(9-18(11,12)13)8-17-6-4-15-2/h10H,3-9H2,1-2H3. The molecule has 4 nitrogen and oxygen atoms in total. The number of methoxy groups -OCH3 is 2. The Hall–Kier alpha value is 0.927. The molecule has 110 valence electrons. The van der Waals surface area contributed by atoms with Crippen molar-refractivity contribution in [3.8, 4) is 0 Å². The molecule has 0 aliphatic carbocycles. The topological polar surface area (TPSA) is 36.9 Å². The van der Waals surface area contributed by atoms with Gasteiger partial charge in [-0.05, 0) is 6.04 Å². The maximum atomic E-state index is 5.92. The Bertz CT molecular complexity index is 180. The first-order valence-corrected chi connectivity index (χ1v) is 10.9. The minimum absolute atomic E-state index is 0.0953. The molecule has 0 fully saturated rings. The lowest BCUT2D eigenvalue weighted by molar-refractivity contribution is 0.0123. The monoisotopic (exact) mass is 338 g/mol. The van der Waals surface area contributed by atoms with Crippen molar-refractivity contribution in [3.05, 3.63) is 0 Å². The van der Waals surface area contributed by atoms with Gasteiger partial charge in [0.05, 0.1) is 39.6 Å². The van der Waals surface area contributed by atoms with E-state index in [1.54, 1.807) is 14.2 Å². The van der Waals surface area contributed by atoms with Gasteiger partial charge in [-0.2, -0.15) is 0 Å². The van der Waals surface area contributed by atoms with Crippen molar-refractivity contribution in [2.75, 3.05) is 53.9 Å². The Morgan fingerprint density at radius 3 is 1.61 bits per heavy atom. The Balaban J connectivity index is 3.85. The first-order chi connectivity index (χ1) is 8.49. The maximum absolute atomic E-state index is 5.92. The minimum Gasteiger partial charge on any atom is -0.382 e. The summed E-state index contributed by atoms with van der Waals surface area (Å²) < 4.78 is 20.7. The van der Waals surface area contributed by atoms with E-state index in [0.717, 1.165) is 0 Å². The number of halogens is 3. The van der Waals surface area contributed by atoms with Crippen LogP contribution in [0.15, 0.2) is 0 Å². The third-order valence-electron chi connectivity index (χ3n) is 2.09. The van der Waals surface area contributed by atoms with Crippen molar-refractivity contribution < 1.29 is 18.9 Å². The van der Waals surface area contributed by atoms with Crippen LogP contribution >= 0.6 is 33.2 Å². The molecule has 0 spiro atoms. The highest BCUT2D eigenvalue weighted by molar-refractivity contribution is 7.64. The predicted molar refractivity (Wildman–Crippen MR) is 77.0 cm³/mol. The zero-order valence-corrected chi connectivity index (χ0v) is 14.1. The van der Waals surface area contributed by atoms with Gasteiger partial charge in [-0.25, -0.2) is 0 Å². The van der Waals surface area contributed by atoms with Crippen molar-refractivity contribution in [2.24, 2.45) is 5.92 Å². The summed E-state index contributed by atoms with van der Waals surface area (Å²) in [6.07, 6.45) is 0. The molecule has 0 saturated carbocycles. The smallest absolute Gasteiger partial charge is 0.341 e. The Morgan fingerprint density at radius 1 is 0.833 bits per heavy atom. The van der Waals surface area contributed by atoms with Crippen molar-refractivity contribution in [3.63, 3.8) is 0 Å². The van der Waals surface area contributed by atoms with Crippen molar-refractivity contribution >= 4 is 39.2 Å². The molecule has 0 radical (unpaired) electrons. The van der Waals surface area contributed by atoms with Crippen LogP contribution in [0.3, 0.4) is 0 Å². The number of ether oxygens (including phenoxy) is 4. The first kappa shape index (κ1) is 18.9. The lowest BCUT2D eigenvalue weighted by Crippen LogP contribution is -2.25. The zero-order valence-electron chi connectivity index (χ0n) is 10.8. The van der Waals surface area contributed by atoms with E-state index >= 15 is 0 Å². The van der Waals surface area contributed by atoms with Gasteiger partial charge in [-0.15, -0.1) is 33.2 Å². The van der Waals surface area contributed by atoms with E-state index < -0.39 is 6.00 Å². The van der Waals surface area contributed by atoms with Crippen LogP contribution in [0.1, 0.15) is 0 Å². The lowest BCUT2D eigenvalue weighted by Gasteiger charge is -2.20. The summed E-state index contributed by atoms with van der Waals surface area (Å²) in [6.45, 7) is 3.21. The van der Waals surface area contributed by atoms with Gasteiger partial charge in [0.2, 0.25) is 0 Å². The van der Waals surface area contributed by atoms with Crippen molar-refractivity contribution in [1.82, 2.24) is 0 Å². The molecule has 0 saturated heterocycles. The molecule has 0 N–H and O–H groups in total. The summed E-state index contributed by atoms with van der Waals surface area (Å²) in [4.78, 5) is 0. The molecular formula is C10H21Cl3O4Si. The molecule has 0 aromatic rings. The average Bonchev–Trinajstić information content (AvgIpc) is 2.28. The molecule has 0 aromatic heterocycles. The molecule has 0 atom stereocenters. The average molecular weight is 340 g/mol. The van der Waals surface area contributed by atoms with Gasteiger partial charge in [0.15, 0.2) is 0 Å². The third kappa shape index (κ3) is 13.4. The van der Waals surface area contributed by atoms with Crippen molar-refractivity contribution in [1.29, 1.82) is 0 Å². The first-order valence-electron chi connectivity index (χ1n) is 5.69. The highest BCUT2D eigenvalue weighted by Crippen LogP contribution is 2.29. The fourth-order valence-corrected chi connectivity index (χ4v) is 4.13. The van der Waals surface area contributed by atoms with Gasteiger partial charge in [0, 0.05) is 20.1 Å². The summed E-state index contributed by atoms with van der Waals surface area (Å²) in [5, 5.41) is 0. The van der Waals surface area contributed by atoms with E-state index in [4.69, 9.17) is 52.2 Å². The number of hydrogen-bond acceptors (Lipinski definition) is 4. The summed E-state index contributed by atoms with van der Waals surface area (Å²) in [7, 11) is 3.26. The molecule has 0 rings (SSSR count). The third-order valence-corrected chi connectivity index (χ3v) is 4.52. The zero-order chi connectivity index (χ0) is 13.9. The molecule has 0 bridgehead atoms. The summed E-state index contributed by atoms with van der Waals surface area (Å²) >= 11 is 17.8. The van der Waals surface area contributed by atoms with E-state index in [0.29, 0.717) is 45.7 Å². The largest absolute Gasteiger partial charge is 0.382 e. The second-order valence-electron chi connectivity index (χ2n) is 3.82. The predicted octanol–water partition coefficient (Wildman–Crippen LogP) is 2.58.